The van der Waals surface area contributed by atoms with Crippen LogP contribution in [0.4, 0.5) is 0 Å². The van der Waals surface area contributed by atoms with Gasteiger partial charge in [-0.3, -0.25) is 0 Å². The number of fused-ring (bicyclic) bond motifs is 3. The van der Waals surface area contributed by atoms with Gasteiger partial charge in [-0.1, -0.05) is 35.9 Å². The predicted molar refractivity (Wildman–Crippen MR) is 92.5 cm³/mol. The van der Waals surface area contributed by atoms with Crippen LogP contribution in [0.5, 0.6) is 0 Å². The van der Waals surface area contributed by atoms with Crippen LogP contribution in [0.15, 0.2) is 36.4 Å². The molecule has 2 nitrogen and oxygen atoms in total. The molecule has 1 aromatic heterocycles. The van der Waals surface area contributed by atoms with E-state index < -0.39 is 0 Å². The van der Waals surface area contributed by atoms with E-state index in [9.17, 15) is 0 Å². The highest BCUT2D eigenvalue weighted by atomic mass is 15.0. The molecule has 0 amide bonds. The fourth-order valence-electron chi connectivity index (χ4n) is 3.91. The van der Waals surface area contributed by atoms with Gasteiger partial charge in [-0.05, 0) is 55.5 Å². The molecule has 0 bridgehead atoms. The predicted octanol–water partition coefficient (Wildman–Crippen LogP) is 4.33. The number of nitrogens with one attached hydrogen (secondary N) is 2. The average Bonchev–Trinajstić information content (AvgIpc) is 2.85. The Morgan fingerprint density at radius 3 is 2.68 bits per heavy atom. The lowest BCUT2D eigenvalue weighted by molar-refractivity contribution is 0.560. The summed E-state index contributed by atoms with van der Waals surface area (Å²) in [5.74, 6) is 0. The molecule has 1 atom stereocenters. The van der Waals surface area contributed by atoms with Gasteiger partial charge in [0.25, 0.3) is 0 Å². The van der Waals surface area contributed by atoms with Crippen LogP contribution in [0.1, 0.15) is 39.6 Å². The van der Waals surface area contributed by atoms with E-state index in [-0.39, 0.29) is 6.04 Å². The summed E-state index contributed by atoms with van der Waals surface area (Å²) in [4.78, 5) is 3.70. The Hall–Kier alpha value is -2.06. The Bertz CT molecular complexity index is 858. The van der Waals surface area contributed by atoms with Gasteiger partial charge >= 0.3 is 0 Å². The van der Waals surface area contributed by atoms with E-state index in [1.807, 2.05) is 0 Å². The van der Waals surface area contributed by atoms with Gasteiger partial charge in [0.15, 0.2) is 0 Å². The Morgan fingerprint density at radius 2 is 1.86 bits per heavy atom. The first kappa shape index (κ1) is 13.6. The van der Waals surface area contributed by atoms with Crippen LogP contribution >= 0.6 is 0 Å². The van der Waals surface area contributed by atoms with E-state index in [1.54, 1.807) is 0 Å². The van der Waals surface area contributed by atoms with Crippen molar-refractivity contribution >= 4 is 10.9 Å². The molecule has 0 saturated heterocycles. The third-order valence-electron chi connectivity index (χ3n) is 4.76. The Balaban J connectivity index is 1.93. The molecule has 0 radical (unpaired) electrons. The maximum atomic E-state index is 3.70. The lowest BCUT2D eigenvalue weighted by Gasteiger charge is -2.25. The zero-order valence-electron chi connectivity index (χ0n) is 13.5. The number of rotatable bonds is 1. The minimum Gasteiger partial charge on any atom is -0.357 e. The second-order valence-corrected chi connectivity index (χ2v) is 6.57. The van der Waals surface area contributed by atoms with Crippen molar-refractivity contribution in [1.29, 1.82) is 0 Å². The van der Waals surface area contributed by atoms with E-state index in [1.165, 1.54) is 44.4 Å². The lowest BCUT2D eigenvalue weighted by atomic mass is 9.92. The molecule has 1 aliphatic heterocycles. The minimum absolute atomic E-state index is 0.274. The van der Waals surface area contributed by atoms with Crippen LogP contribution in [0, 0.1) is 20.8 Å². The summed E-state index contributed by atoms with van der Waals surface area (Å²) >= 11 is 0. The van der Waals surface area contributed by atoms with Crippen molar-refractivity contribution < 1.29 is 0 Å². The van der Waals surface area contributed by atoms with Crippen LogP contribution in [0.2, 0.25) is 0 Å². The Kier molecular flexibility index (Phi) is 3.08. The second kappa shape index (κ2) is 4.99. The van der Waals surface area contributed by atoms with Crippen LogP contribution in [0.25, 0.3) is 10.9 Å². The summed E-state index contributed by atoms with van der Waals surface area (Å²) in [5, 5.41) is 5.11. The summed E-state index contributed by atoms with van der Waals surface area (Å²) in [6, 6.07) is 13.7. The van der Waals surface area contributed by atoms with Crippen LogP contribution in [0.3, 0.4) is 0 Å². The van der Waals surface area contributed by atoms with Crippen molar-refractivity contribution in [2.45, 2.75) is 33.2 Å². The van der Waals surface area contributed by atoms with Crippen LogP contribution < -0.4 is 5.32 Å². The molecular formula is C20H22N2. The maximum Gasteiger partial charge on any atom is 0.0732 e. The van der Waals surface area contributed by atoms with Gasteiger partial charge < -0.3 is 10.3 Å². The van der Waals surface area contributed by atoms with Gasteiger partial charge in [0.05, 0.1) is 6.04 Å². The number of hydrogen-bond donors (Lipinski definition) is 2. The van der Waals surface area contributed by atoms with Crippen molar-refractivity contribution in [3.05, 3.63) is 69.9 Å². The van der Waals surface area contributed by atoms with Crippen molar-refractivity contribution in [2.75, 3.05) is 6.54 Å². The standard InChI is InChI=1S/C20H22N2/c1-12-5-4-6-15(10-12)19-20-16(7-8-21-19)18-14(3)9-13(2)11-17(18)22-20/h4-6,9-11,19,21-22H,7-8H2,1-3H3. The average molecular weight is 290 g/mol. The Morgan fingerprint density at radius 1 is 1.00 bits per heavy atom. The van der Waals surface area contributed by atoms with E-state index >= 15 is 0 Å². The highest BCUT2D eigenvalue weighted by Gasteiger charge is 2.25. The van der Waals surface area contributed by atoms with Crippen molar-refractivity contribution in [2.24, 2.45) is 0 Å². The second-order valence-electron chi connectivity index (χ2n) is 6.57. The monoisotopic (exact) mass is 290 g/mol. The third kappa shape index (κ3) is 2.06. The topological polar surface area (TPSA) is 27.8 Å². The third-order valence-corrected chi connectivity index (χ3v) is 4.76. The Labute approximate surface area is 131 Å². The van der Waals surface area contributed by atoms with Crippen molar-refractivity contribution in [1.82, 2.24) is 10.3 Å². The number of H-pyrrole nitrogens is 1. The molecule has 2 aromatic carbocycles. The molecule has 0 aliphatic carbocycles. The maximum absolute atomic E-state index is 3.70. The molecule has 22 heavy (non-hydrogen) atoms. The lowest BCUT2D eigenvalue weighted by Crippen LogP contribution is -2.30. The van der Waals surface area contributed by atoms with Gasteiger partial charge in [-0.25, -0.2) is 0 Å². The van der Waals surface area contributed by atoms with E-state index in [4.69, 9.17) is 0 Å². The zero-order chi connectivity index (χ0) is 15.3. The number of aryl methyl sites for hydroxylation is 3. The van der Waals surface area contributed by atoms with Crippen molar-refractivity contribution in [3.8, 4) is 0 Å². The summed E-state index contributed by atoms with van der Waals surface area (Å²) in [5.41, 5.74) is 9.50. The first-order chi connectivity index (χ1) is 10.6. The van der Waals surface area contributed by atoms with Crippen molar-refractivity contribution in [3.63, 3.8) is 0 Å². The van der Waals surface area contributed by atoms with E-state index in [0.717, 1.165) is 13.0 Å². The van der Waals surface area contributed by atoms with Gasteiger partial charge in [-0.2, -0.15) is 0 Å². The molecule has 2 N–H and O–H groups in total. The molecule has 1 unspecified atom stereocenters. The molecule has 3 aromatic rings. The highest BCUT2D eigenvalue weighted by Crippen LogP contribution is 2.35. The number of aromatic nitrogens is 1. The molecule has 112 valence electrons. The molecule has 2 heterocycles. The molecule has 1 aliphatic rings. The fourth-order valence-corrected chi connectivity index (χ4v) is 3.91. The SMILES string of the molecule is Cc1cccc(C2NCCc3c2[nH]c2cc(C)cc(C)c32)c1. The normalized spacial score (nSPS) is 17.7. The zero-order valence-corrected chi connectivity index (χ0v) is 13.5. The van der Waals surface area contributed by atoms with Gasteiger partial charge in [-0.15, -0.1) is 0 Å². The molecule has 0 spiro atoms. The molecule has 2 heteroatoms. The minimum atomic E-state index is 0.274. The molecule has 0 fully saturated rings. The summed E-state index contributed by atoms with van der Waals surface area (Å²) < 4.78 is 0. The van der Waals surface area contributed by atoms with Gasteiger partial charge in [0.1, 0.15) is 0 Å². The largest absolute Gasteiger partial charge is 0.357 e. The van der Waals surface area contributed by atoms with E-state index in [0.29, 0.717) is 0 Å². The summed E-state index contributed by atoms with van der Waals surface area (Å²) in [6.45, 7) is 7.59. The molecular weight excluding hydrogens is 268 g/mol. The number of aromatic amines is 1. The smallest absolute Gasteiger partial charge is 0.0732 e. The fraction of sp³-hybridized carbons (Fsp3) is 0.300. The molecule has 4 rings (SSSR count). The van der Waals surface area contributed by atoms with Gasteiger partial charge in [0.2, 0.25) is 0 Å². The number of hydrogen-bond acceptors (Lipinski definition) is 1. The van der Waals surface area contributed by atoms with E-state index in [2.05, 4.69) is 67.5 Å². The summed E-state index contributed by atoms with van der Waals surface area (Å²) in [6.07, 6.45) is 1.10. The van der Waals surface area contributed by atoms with Crippen LogP contribution in [-0.2, 0) is 6.42 Å². The van der Waals surface area contributed by atoms with Crippen LogP contribution in [-0.4, -0.2) is 11.5 Å². The quantitative estimate of drug-likeness (QED) is 0.686. The first-order valence-corrected chi connectivity index (χ1v) is 8.05. The highest BCUT2D eigenvalue weighted by molar-refractivity contribution is 5.89. The first-order valence-electron chi connectivity index (χ1n) is 8.05. The van der Waals surface area contributed by atoms with Gasteiger partial charge in [0, 0.05) is 23.1 Å². The molecule has 0 saturated carbocycles. The number of benzene rings is 2. The summed E-state index contributed by atoms with van der Waals surface area (Å²) in [7, 11) is 0.